The SMILES string of the molecule is Cc1cc(NC2=NCCN2)n(CCC(C)C)n1. The maximum atomic E-state index is 4.50. The van der Waals surface area contributed by atoms with Crippen LogP contribution in [0.25, 0.3) is 0 Å². The lowest BCUT2D eigenvalue weighted by molar-refractivity contribution is 0.489. The number of hydrogen-bond acceptors (Lipinski definition) is 4. The van der Waals surface area contributed by atoms with Gasteiger partial charge in [0.25, 0.3) is 0 Å². The summed E-state index contributed by atoms with van der Waals surface area (Å²) in [7, 11) is 0. The number of nitrogens with one attached hydrogen (secondary N) is 2. The van der Waals surface area contributed by atoms with Crippen molar-refractivity contribution in [3.63, 3.8) is 0 Å². The highest BCUT2D eigenvalue weighted by Crippen LogP contribution is 2.13. The van der Waals surface area contributed by atoms with Gasteiger partial charge in [-0.15, -0.1) is 0 Å². The van der Waals surface area contributed by atoms with E-state index in [4.69, 9.17) is 0 Å². The zero-order chi connectivity index (χ0) is 12.3. The van der Waals surface area contributed by atoms with Crippen LogP contribution in [0.5, 0.6) is 0 Å². The molecule has 1 aromatic heterocycles. The Balaban J connectivity index is 2.04. The van der Waals surface area contributed by atoms with Crippen LogP contribution in [0.15, 0.2) is 11.1 Å². The number of guanidine groups is 1. The Kier molecular flexibility index (Phi) is 3.66. The third kappa shape index (κ3) is 3.22. The lowest BCUT2D eigenvalue weighted by Crippen LogP contribution is -2.27. The van der Waals surface area contributed by atoms with Crippen LogP contribution in [0.3, 0.4) is 0 Å². The van der Waals surface area contributed by atoms with E-state index in [0.717, 1.165) is 43.5 Å². The topological polar surface area (TPSA) is 54.2 Å². The second-order valence-corrected chi connectivity index (χ2v) is 4.86. The third-order valence-corrected chi connectivity index (χ3v) is 2.74. The number of anilines is 1. The van der Waals surface area contributed by atoms with Crippen molar-refractivity contribution >= 4 is 11.8 Å². The first-order valence-corrected chi connectivity index (χ1v) is 6.25. The number of aliphatic imine (C=N–C) groups is 1. The molecule has 1 aliphatic heterocycles. The largest absolute Gasteiger partial charge is 0.354 e. The predicted octanol–water partition coefficient (Wildman–Crippen LogP) is 1.61. The highest BCUT2D eigenvalue weighted by atomic mass is 15.4. The lowest BCUT2D eigenvalue weighted by atomic mass is 10.1. The molecule has 1 aromatic rings. The minimum atomic E-state index is 0.689. The molecule has 0 saturated heterocycles. The van der Waals surface area contributed by atoms with Crippen molar-refractivity contribution < 1.29 is 0 Å². The van der Waals surface area contributed by atoms with Gasteiger partial charge in [-0.1, -0.05) is 13.8 Å². The Hall–Kier alpha value is -1.52. The Labute approximate surface area is 102 Å². The van der Waals surface area contributed by atoms with Gasteiger partial charge >= 0.3 is 0 Å². The molecule has 0 spiro atoms. The van der Waals surface area contributed by atoms with Crippen LogP contribution >= 0.6 is 0 Å². The highest BCUT2D eigenvalue weighted by molar-refractivity contribution is 5.93. The minimum Gasteiger partial charge on any atom is -0.354 e. The van der Waals surface area contributed by atoms with E-state index in [0.29, 0.717) is 5.92 Å². The molecule has 0 unspecified atom stereocenters. The summed E-state index contributed by atoms with van der Waals surface area (Å²) >= 11 is 0. The van der Waals surface area contributed by atoms with Crippen molar-refractivity contribution in [1.29, 1.82) is 0 Å². The van der Waals surface area contributed by atoms with Crippen LogP contribution in [0, 0.1) is 12.8 Å². The van der Waals surface area contributed by atoms with E-state index in [2.05, 4.69) is 40.6 Å². The Morgan fingerprint density at radius 1 is 1.53 bits per heavy atom. The summed E-state index contributed by atoms with van der Waals surface area (Å²) in [4.78, 5) is 4.33. The van der Waals surface area contributed by atoms with Crippen LogP contribution in [-0.4, -0.2) is 28.8 Å². The van der Waals surface area contributed by atoms with Gasteiger partial charge in [-0.25, -0.2) is 4.68 Å². The molecule has 17 heavy (non-hydrogen) atoms. The molecule has 0 radical (unpaired) electrons. The number of rotatable bonds is 4. The number of aromatic nitrogens is 2. The van der Waals surface area contributed by atoms with Gasteiger partial charge in [0.05, 0.1) is 12.2 Å². The minimum absolute atomic E-state index is 0.689. The Morgan fingerprint density at radius 3 is 3.00 bits per heavy atom. The number of aryl methyl sites for hydroxylation is 2. The molecule has 5 heteroatoms. The standard InChI is InChI=1S/C12H21N5/c1-9(2)4-7-17-11(8-10(3)16-17)15-12-13-5-6-14-12/h8-9H,4-7H2,1-3H3,(H2,13,14,15). The lowest BCUT2D eigenvalue weighted by Gasteiger charge is -2.10. The molecule has 2 N–H and O–H groups in total. The second kappa shape index (κ2) is 5.21. The average molecular weight is 235 g/mol. The van der Waals surface area contributed by atoms with Gasteiger partial charge in [0.15, 0.2) is 5.96 Å². The molecule has 0 aliphatic carbocycles. The van der Waals surface area contributed by atoms with Crippen molar-refractivity contribution in [2.45, 2.75) is 33.7 Å². The first kappa shape index (κ1) is 12.0. The van der Waals surface area contributed by atoms with Crippen LogP contribution in [0.1, 0.15) is 26.0 Å². The van der Waals surface area contributed by atoms with E-state index in [9.17, 15) is 0 Å². The Bertz CT molecular complexity index is 405. The van der Waals surface area contributed by atoms with Gasteiger partial charge in [-0.2, -0.15) is 5.10 Å². The maximum absolute atomic E-state index is 4.50. The Morgan fingerprint density at radius 2 is 2.35 bits per heavy atom. The fraction of sp³-hybridized carbons (Fsp3) is 0.667. The van der Waals surface area contributed by atoms with Crippen molar-refractivity contribution in [3.05, 3.63) is 11.8 Å². The fourth-order valence-corrected chi connectivity index (χ4v) is 1.80. The number of hydrogen-bond donors (Lipinski definition) is 2. The fourth-order valence-electron chi connectivity index (χ4n) is 1.80. The van der Waals surface area contributed by atoms with Gasteiger partial charge in [-0.05, 0) is 19.3 Å². The molecule has 0 fully saturated rings. The summed E-state index contributed by atoms with van der Waals surface area (Å²) in [5.41, 5.74) is 1.04. The van der Waals surface area contributed by atoms with E-state index >= 15 is 0 Å². The van der Waals surface area contributed by atoms with Crippen LogP contribution in [0.4, 0.5) is 5.82 Å². The van der Waals surface area contributed by atoms with E-state index in [1.165, 1.54) is 0 Å². The smallest absolute Gasteiger partial charge is 0.197 e. The summed E-state index contributed by atoms with van der Waals surface area (Å²) in [6.07, 6.45) is 1.13. The molecule has 0 atom stereocenters. The molecule has 2 heterocycles. The summed E-state index contributed by atoms with van der Waals surface area (Å²) in [5, 5.41) is 11.0. The molecular weight excluding hydrogens is 214 g/mol. The first-order chi connectivity index (χ1) is 8.15. The van der Waals surface area contributed by atoms with Crippen LogP contribution in [0.2, 0.25) is 0 Å². The van der Waals surface area contributed by atoms with Gasteiger partial charge in [0.2, 0.25) is 0 Å². The normalized spacial score (nSPS) is 14.9. The molecule has 5 nitrogen and oxygen atoms in total. The van der Waals surface area contributed by atoms with Gasteiger partial charge < -0.3 is 10.6 Å². The van der Waals surface area contributed by atoms with Crippen molar-refractivity contribution in [3.8, 4) is 0 Å². The van der Waals surface area contributed by atoms with E-state index < -0.39 is 0 Å². The molecule has 0 amide bonds. The average Bonchev–Trinajstić information content (AvgIpc) is 2.86. The second-order valence-electron chi connectivity index (χ2n) is 4.86. The van der Waals surface area contributed by atoms with Gasteiger partial charge in [-0.3, -0.25) is 4.99 Å². The molecule has 94 valence electrons. The maximum Gasteiger partial charge on any atom is 0.197 e. The summed E-state index contributed by atoms with van der Waals surface area (Å²) in [6, 6.07) is 2.06. The quantitative estimate of drug-likeness (QED) is 0.833. The van der Waals surface area contributed by atoms with Crippen LogP contribution in [-0.2, 0) is 6.54 Å². The number of nitrogens with zero attached hydrogens (tertiary/aromatic N) is 3. The van der Waals surface area contributed by atoms with E-state index in [-0.39, 0.29) is 0 Å². The highest BCUT2D eigenvalue weighted by Gasteiger charge is 2.10. The van der Waals surface area contributed by atoms with E-state index in [1.54, 1.807) is 0 Å². The van der Waals surface area contributed by atoms with Crippen LogP contribution < -0.4 is 10.6 Å². The van der Waals surface area contributed by atoms with Gasteiger partial charge in [0, 0.05) is 19.2 Å². The molecular formula is C12H21N5. The molecule has 2 rings (SSSR count). The van der Waals surface area contributed by atoms with E-state index in [1.807, 2.05) is 11.6 Å². The first-order valence-electron chi connectivity index (χ1n) is 6.25. The van der Waals surface area contributed by atoms with Gasteiger partial charge in [0.1, 0.15) is 5.82 Å². The summed E-state index contributed by atoms with van der Waals surface area (Å²) in [6.45, 7) is 9.18. The third-order valence-electron chi connectivity index (χ3n) is 2.74. The zero-order valence-electron chi connectivity index (χ0n) is 10.8. The van der Waals surface area contributed by atoms with Crippen molar-refractivity contribution in [2.75, 3.05) is 18.4 Å². The summed E-state index contributed by atoms with van der Waals surface area (Å²) < 4.78 is 2.03. The summed E-state index contributed by atoms with van der Waals surface area (Å²) in [5.74, 6) is 2.57. The molecule has 0 saturated carbocycles. The zero-order valence-corrected chi connectivity index (χ0v) is 10.8. The molecule has 0 bridgehead atoms. The predicted molar refractivity (Wildman–Crippen MR) is 70.3 cm³/mol. The molecule has 1 aliphatic rings. The van der Waals surface area contributed by atoms with Crippen molar-refractivity contribution in [1.82, 2.24) is 15.1 Å². The van der Waals surface area contributed by atoms with Crippen molar-refractivity contribution in [2.24, 2.45) is 10.9 Å². The monoisotopic (exact) mass is 235 g/mol. The molecule has 0 aromatic carbocycles.